The molecule has 0 saturated heterocycles. The van der Waals surface area contributed by atoms with Crippen LogP contribution in [0.4, 0.5) is 5.69 Å². The summed E-state index contributed by atoms with van der Waals surface area (Å²) in [6.07, 6.45) is 2.68. The smallest absolute Gasteiger partial charge is 0.129 e. The largest absolute Gasteiger partial charge is 0.372 e. The molecule has 1 aliphatic rings. The number of halogens is 1. The number of benzene rings is 1. The van der Waals surface area contributed by atoms with Gasteiger partial charge in [-0.05, 0) is 43.7 Å². The first-order chi connectivity index (χ1) is 11.7. The maximum Gasteiger partial charge on any atom is 0.129 e. The summed E-state index contributed by atoms with van der Waals surface area (Å²) in [7, 11) is 0. The highest BCUT2D eigenvalue weighted by molar-refractivity contribution is 6.29. The highest BCUT2D eigenvalue weighted by Gasteiger charge is 2.25. The minimum absolute atomic E-state index is 0.498. The molecule has 0 radical (unpaired) electrons. The first-order valence-electron chi connectivity index (χ1n) is 8.28. The predicted octanol–water partition coefficient (Wildman–Crippen LogP) is 4.54. The standard InChI is InChI=1S/C19H19ClN4/c1-3-24(4-2)14-6-7-15-13(9-14)10-16-18(22-23-19(15)16)12-5-8-17(20)21-11-12/h5-9,11H,3-4,10H2,1-2H3,(H,22,23). The number of nitrogens with one attached hydrogen (secondary N) is 1. The second-order valence-electron chi connectivity index (χ2n) is 5.99. The second-order valence-corrected chi connectivity index (χ2v) is 6.37. The first kappa shape index (κ1) is 15.2. The number of pyridine rings is 1. The normalized spacial score (nSPS) is 12.1. The molecule has 122 valence electrons. The highest BCUT2D eigenvalue weighted by atomic mass is 35.5. The lowest BCUT2D eigenvalue weighted by Gasteiger charge is -2.21. The number of nitrogens with zero attached hydrogens (tertiary/aromatic N) is 3. The van der Waals surface area contributed by atoms with Crippen LogP contribution in [-0.2, 0) is 6.42 Å². The summed E-state index contributed by atoms with van der Waals surface area (Å²) in [4.78, 5) is 6.54. The maximum absolute atomic E-state index is 5.89. The minimum Gasteiger partial charge on any atom is -0.372 e. The summed E-state index contributed by atoms with van der Waals surface area (Å²) < 4.78 is 0. The first-order valence-corrected chi connectivity index (χ1v) is 8.66. The van der Waals surface area contributed by atoms with Gasteiger partial charge in [0, 0.05) is 48.1 Å². The van der Waals surface area contributed by atoms with E-state index in [9.17, 15) is 0 Å². The number of fused-ring (bicyclic) bond motifs is 3. The van der Waals surface area contributed by atoms with E-state index in [4.69, 9.17) is 11.6 Å². The lowest BCUT2D eigenvalue weighted by molar-refractivity contribution is 0.865. The summed E-state index contributed by atoms with van der Waals surface area (Å²) in [5.74, 6) is 0. The van der Waals surface area contributed by atoms with Crippen LogP contribution in [-0.4, -0.2) is 28.3 Å². The maximum atomic E-state index is 5.89. The van der Waals surface area contributed by atoms with Crippen molar-refractivity contribution in [3.63, 3.8) is 0 Å². The van der Waals surface area contributed by atoms with Gasteiger partial charge in [0.25, 0.3) is 0 Å². The van der Waals surface area contributed by atoms with Crippen molar-refractivity contribution in [2.45, 2.75) is 20.3 Å². The van der Waals surface area contributed by atoms with Crippen LogP contribution in [0.25, 0.3) is 22.5 Å². The molecule has 0 fully saturated rings. The SMILES string of the molecule is CCN(CC)c1ccc2c(c1)Cc1c(-c3ccc(Cl)nc3)n[nH]c1-2. The number of rotatable bonds is 4. The third-order valence-corrected chi connectivity index (χ3v) is 4.95. The van der Waals surface area contributed by atoms with Gasteiger partial charge in [0.1, 0.15) is 5.15 Å². The third kappa shape index (κ3) is 2.38. The average molecular weight is 339 g/mol. The number of anilines is 1. The monoisotopic (exact) mass is 338 g/mol. The molecule has 4 nitrogen and oxygen atoms in total. The molecule has 0 amide bonds. The minimum atomic E-state index is 0.498. The summed E-state index contributed by atoms with van der Waals surface area (Å²) in [6.45, 7) is 6.41. The molecule has 0 aliphatic heterocycles. The van der Waals surface area contributed by atoms with Crippen molar-refractivity contribution in [2.75, 3.05) is 18.0 Å². The molecule has 5 heteroatoms. The highest BCUT2D eigenvalue weighted by Crippen LogP contribution is 2.41. The van der Waals surface area contributed by atoms with E-state index in [0.29, 0.717) is 5.15 Å². The molecule has 24 heavy (non-hydrogen) atoms. The molecule has 0 unspecified atom stereocenters. The Morgan fingerprint density at radius 1 is 1.17 bits per heavy atom. The Labute approximate surface area is 146 Å². The molecule has 3 aromatic rings. The van der Waals surface area contributed by atoms with Crippen LogP contribution >= 0.6 is 11.6 Å². The number of hydrogen-bond donors (Lipinski definition) is 1. The van der Waals surface area contributed by atoms with Gasteiger partial charge in [0.05, 0.1) is 11.4 Å². The van der Waals surface area contributed by atoms with Crippen LogP contribution < -0.4 is 4.90 Å². The Bertz CT molecular complexity index is 879. The van der Waals surface area contributed by atoms with E-state index in [1.165, 1.54) is 22.4 Å². The lowest BCUT2D eigenvalue weighted by Crippen LogP contribution is -2.21. The van der Waals surface area contributed by atoms with Crippen molar-refractivity contribution in [3.05, 3.63) is 52.8 Å². The van der Waals surface area contributed by atoms with Gasteiger partial charge in [-0.25, -0.2) is 4.98 Å². The molecule has 0 saturated carbocycles. The summed E-state index contributed by atoms with van der Waals surface area (Å²) in [5.41, 5.74) is 8.22. The van der Waals surface area contributed by atoms with E-state index >= 15 is 0 Å². The zero-order chi connectivity index (χ0) is 16.7. The van der Waals surface area contributed by atoms with Crippen molar-refractivity contribution >= 4 is 17.3 Å². The zero-order valence-electron chi connectivity index (χ0n) is 13.8. The van der Waals surface area contributed by atoms with Gasteiger partial charge in [0.2, 0.25) is 0 Å². The molecular weight excluding hydrogens is 320 g/mol. The van der Waals surface area contributed by atoms with Crippen LogP contribution in [0.1, 0.15) is 25.0 Å². The molecule has 1 aromatic carbocycles. The van der Waals surface area contributed by atoms with E-state index < -0.39 is 0 Å². The Morgan fingerprint density at radius 2 is 2.00 bits per heavy atom. The topological polar surface area (TPSA) is 44.8 Å². The van der Waals surface area contributed by atoms with Crippen molar-refractivity contribution < 1.29 is 0 Å². The molecule has 2 aromatic heterocycles. The molecule has 2 heterocycles. The molecule has 0 spiro atoms. The van der Waals surface area contributed by atoms with Gasteiger partial charge in [-0.3, -0.25) is 5.10 Å². The van der Waals surface area contributed by atoms with Crippen LogP contribution in [0.5, 0.6) is 0 Å². The van der Waals surface area contributed by atoms with Crippen molar-refractivity contribution in [1.29, 1.82) is 0 Å². The predicted molar refractivity (Wildman–Crippen MR) is 98.6 cm³/mol. The van der Waals surface area contributed by atoms with Crippen molar-refractivity contribution in [3.8, 4) is 22.5 Å². The second kappa shape index (κ2) is 5.95. The summed E-state index contributed by atoms with van der Waals surface area (Å²) >= 11 is 5.89. The van der Waals surface area contributed by atoms with Gasteiger partial charge in [0.15, 0.2) is 0 Å². The van der Waals surface area contributed by atoms with E-state index in [2.05, 4.69) is 52.1 Å². The number of hydrogen-bond acceptors (Lipinski definition) is 3. The van der Waals surface area contributed by atoms with E-state index in [-0.39, 0.29) is 0 Å². The van der Waals surface area contributed by atoms with Gasteiger partial charge in [-0.1, -0.05) is 17.7 Å². The Morgan fingerprint density at radius 3 is 2.71 bits per heavy atom. The van der Waals surface area contributed by atoms with Gasteiger partial charge >= 0.3 is 0 Å². The van der Waals surface area contributed by atoms with Crippen LogP contribution in [0.2, 0.25) is 5.15 Å². The fraction of sp³-hybridized carbons (Fsp3) is 0.263. The molecule has 1 N–H and O–H groups in total. The van der Waals surface area contributed by atoms with Gasteiger partial charge in [-0.2, -0.15) is 5.10 Å². The van der Waals surface area contributed by atoms with Gasteiger partial charge < -0.3 is 4.90 Å². The van der Waals surface area contributed by atoms with Gasteiger partial charge in [-0.15, -0.1) is 0 Å². The lowest BCUT2D eigenvalue weighted by atomic mass is 10.1. The van der Waals surface area contributed by atoms with E-state index in [0.717, 1.165) is 36.5 Å². The molecule has 1 aliphatic carbocycles. The van der Waals surface area contributed by atoms with E-state index in [1.54, 1.807) is 12.3 Å². The Hall–Kier alpha value is -2.33. The van der Waals surface area contributed by atoms with E-state index in [1.807, 2.05) is 6.07 Å². The number of aromatic nitrogens is 3. The number of H-pyrrole nitrogens is 1. The quantitative estimate of drug-likeness (QED) is 0.555. The fourth-order valence-corrected chi connectivity index (χ4v) is 3.57. The molecular formula is C19H19ClN4. The average Bonchev–Trinajstić information content (AvgIpc) is 3.15. The molecule has 0 atom stereocenters. The third-order valence-electron chi connectivity index (χ3n) is 4.72. The van der Waals surface area contributed by atoms with Crippen LogP contribution in [0, 0.1) is 0 Å². The molecule has 4 rings (SSSR count). The van der Waals surface area contributed by atoms with Crippen LogP contribution in [0.3, 0.4) is 0 Å². The van der Waals surface area contributed by atoms with Crippen molar-refractivity contribution in [2.24, 2.45) is 0 Å². The molecule has 0 bridgehead atoms. The number of aromatic amines is 1. The fourth-order valence-electron chi connectivity index (χ4n) is 3.46. The Balaban J connectivity index is 1.73. The summed E-state index contributed by atoms with van der Waals surface area (Å²) in [6, 6.07) is 10.5. The summed E-state index contributed by atoms with van der Waals surface area (Å²) in [5, 5.41) is 8.21. The van der Waals surface area contributed by atoms with Crippen molar-refractivity contribution in [1.82, 2.24) is 15.2 Å². The Kier molecular flexibility index (Phi) is 3.77. The van der Waals surface area contributed by atoms with Crippen LogP contribution in [0.15, 0.2) is 36.5 Å². The zero-order valence-corrected chi connectivity index (χ0v) is 14.6.